The second kappa shape index (κ2) is 5.33. The molecule has 0 bridgehead atoms. The van der Waals surface area contributed by atoms with Gasteiger partial charge in [0.25, 0.3) is 0 Å². The van der Waals surface area contributed by atoms with Crippen LogP contribution in [-0.4, -0.2) is 12.2 Å². The van der Waals surface area contributed by atoms with Crippen LogP contribution in [0.5, 0.6) is 11.5 Å². The Kier molecular flexibility index (Phi) is 3.16. The molecule has 0 aliphatic rings. The maximum atomic E-state index is 10.6. The minimum Gasteiger partial charge on any atom is -0.504 e. The fourth-order valence-electron chi connectivity index (χ4n) is 3.19. The second-order valence-electron chi connectivity index (χ2n) is 5.55. The lowest BCUT2D eigenvalue weighted by atomic mass is 9.91. The molecule has 0 saturated heterocycles. The van der Waals surface area contributed by atoms with Crippen molar-refractivity contribution in [3.05, 3.63) is 72.8 Å². The Morgan fingerprint density at radius 3 is 1.96 bits per heavy atom. The van der Waals surface area contributed by atoms with Crippen molar-refractivity contribution in [3.63, 3.8) is 0 Å². The van der Waals surface area contributed by atoms with Crippen LogP contribution in [0, 0.1) is 0 Å². The number of hydrogen-bond acceptors (Lipinski definition) is 2. The van der Waals surface area contributed by atoms with E-state index in [9.17, 15) is 5.11 Å². The molecule has 4 aromatic rings. The van der Waals surface area contributed by atoms with Crippen molar-refractivity contribution in [2.45, 2.75) is 0 Å². The summed E-state index contributed by atoms with van der Waals surface area (Å²) in [5.74, 6) is 0.663. The van der Waals surface area contributed by atoms with E-state index in [2.05, 4.69) is 30.3 Å². The molecule has 0 amide bonds. The maximum absolute atomic E-state index is 10.6. The third-order valence-corrected chi connectivity index (χ3v) is 4.26. The molecule has 1 N–H and O–H groups in total. The zero-order valence-electron chi connectivity index (χ0n) is 12.8. The number of rotatable bonds is 2. The molecule has 0 aliphatic carbocycles. The first-order valence-corrected chi connectivity index (χ1v) is 7.56. The van der Waals surface area contributed by atoms with Crippen LogP contribution < -0.4 is 4.74 Å². The second-order valence-corrected chi connectivity index (χ2v) is 5.55. The van der Waals surface area contributed by atoms with Gasteiger partial charge in [-0.3, -0.25) is 0 Å². The van der Waals surface area contributed by atoms with Crippen LogP contribution in [0.25, 0.3) is 32.7 Å². The number of hydrogen-bond donors (Lipinski definition) is 1. The highest BCUT2D eigenvalue weighted by Gasteiger charge is 2.15. The average molecular weight is 300 g/mol. The van der Waals surface area contributed by atoms with Gasteiger partial charge < -0.3 is 9.84 Å². The highest BCUT2D eigenvalue weighted by atomic mass is 16.5. The molecular weight excluding hydrogens is 284 g/mol. The van der Waals surface area contributed by atoms with E-state index in [0.717, 1.165) is 32.7 Å². The SMILES string of the molecule is COc1cccc(-c2c3ccccc3cc3ccccc23)c1O. The van der Waals surface area contributed by atoms with Crippen LogP contribution in [0.4, 0.5) is 0 Å². The van der Waals surface area contributed by atoms with E-state index in [-0.39, 0.29) is 5.75 Å². The lowest BCUT2D eigenvalue weighted by Crippen LogP contribution is -1.89. The third-order valence-electron chi connectivity index (χ3n) is 4.26. The quantitative estimate of drug-likeness (QED) is 0.504. The fraction of sp³-hybridized carbons (Fsp3) is 0.0476. The number of fused-ring (bicyclic) bond motifs is 2. The highest BCUT2D eigenvalue weighted by Crippen LogP contribution is 2.43. The molecule has 0 radical (unpaired) electrons. The van der Waals surface area contributed by atoms with Gasteiger partial charge in [-0.25, -0.2) is 0 Å². The van der Waals surface area contributed by atoms with E-state index >= 15 is 0 Å². The van der Waals surface area contributed by atoms with E-state index < -0.39 is 0 Å². The van der Waals surface area contributed by atoms with Gasteiger partial charge in [0.2, 0.25) is 0 Å². The van der Waals surface area contributed by atoms with Crippen LogP contribution in [0.1, 0.15) is 0 Å². The van der Waals surface area contributed by atoms with Crippen molar-refractivity contribution in [1.29, 1.82) is 0 Å². The number of methoxy groups -OCH3 is 1. The van der Waals surface area contributed by atoms with Gasteiger partial charge in [-0.2, -0.15) is 0 Å². The van der Waals surface area contributed by atoms with Crippen molar-refractivity contribution < 1.29 is 9.84 Å². The Hall–Kier alpha value is -3.00. The molecule has 0 aromatic heterocycles. The molecule has 0 fully saturated rings. The molecule has 4 rings (SSSR count). The summed E-state index contributed by atoms with van der Waals surface area (Å²) in [5.41, 5.74) is 1.83. The van der Waals surface area contributed by atoms with Crippen molar-refractivity contribution in [3.8, 4) is 22.6 Å². The summed E-state index contributed by atoms with van der Waals surface area (Å²) in [6, 6.07) is 24.3. The first-order chi connectivity index (χ1) is 11.3. The predicted molar refractivity (Wildman–Crippen MR) is 95.1 cm³/mol. The normalized spacial score (nSPS) is 11.0. The number of phenols is 1. The lowest BCUT2D eigenvalue weighted by molar-refractivity contribution is 0.374. The molecule has 23 heavy (non-hydrogen) atoms. The molecule has 0 spiro atoms. The van der Waals surface area contributed by atoms with E-state index in [0.29, 0.717) is 5.75 Å². The molecule has 4 aromatic carbocycles. The van der Waals surface area contributed by atoms with E-state index in [4.69, 9.17) is 4.74 Å². The van der Waals surface area contributed by atoms with Crippen molar-refractivity contribution in [2.75, 3.05) is 7.11 Å². The van der Waals surface area contributed by atoms with E-state index in [1.54, 1.807) is 13.2 Å². The van der Waals surface area contributed by atoms with Gasteiger partial charge in [0, 0.05) is 11.1 Å². The summed E-state index contributed by atoms with van der Waals surface area (Å²) >= 11 is 0. The Balaban J connectivity index is 2.20. The first kappa shape index (κ1) is 13.6. The molecule has 112 valence electrons. The molecule has 2 heteroatoms. The lowest BCUT2D eigenvalue weighted by Gasteiger charge is -2.14. The highest BCUT2D eigenvalue weighted by molar-refractivity contribution is 6.13. The molecule has 0 saturated carbocycles. The average Bonchev–Trinajstić information content (AvgIpc) is 2.60. The van der Waals surface area contributed by atoms with Gasteiger partial charge in [-0.15, -0.1) is 0 Å². The van der Waals surface area contributed by atoms with Crippen molar-refractivity contribution in [1.82, 2.24) is 0 Å². The van der Waals surface area contributed by atoms with Crippen LogP contribution in [0.2, 0.25) is 0 Å². The van der Waals surface area contributed by atoms with Crippen LogP contribution in [0.15, 0.2) is 72.8 Å². The van der Waals surface area contributed by atoms with Gasteiger partial charge in [0.05, 0.1) is 7.11 Å². The fourth-order valence-corrected chi connectivity index (χ4v) is 3.19. The minimum atomic E-state index is 0.177. The van der Waals surface area contributed by atoms with Gasteiger partial charge in [-0.05, 0) is 33.7 Å². The van der Waals surface area contributed by atoms with Crippen molar-refractivity contribution >= 4 is 21.5 Å². The van der Waals surface area contributed by atoms with Gasteiger partial charge in [0.15, 0.2) is 11.5 Å². The number of benzene rings is 4. The molecule has 2 nitrogen and oxygen atoms in total. The predicted octanol–water partition coefficient (Wildman–Crippen LogP) is 5.37. The van der Waals surface area contributed by atoms with Crippen LogP contribution >= 0.6 is 0 Å². The Labute approximate surface area is 134 Å². The van der Waals surface area contributed by atoms with Gasteiger partial charge in [-0.1, -0.05) is 60.7 Å². The summed E-state index contributed by atoms with van der Waals surface area (Å²) < 4.78 is 5.28. The monoisotopic (exact) mass is 300 g/mol. The van der Waals surface area contributed by atoms with Gasteiger partial charge in [0.1, 0.15) is 0 Å². The Morgan fingerprint density at radius 2 is 1.35 bits per heavy atom. The Bertz CT molecular complexity index is 965. The molecule has 0 heterocycles. The summed E-state index contributed by atoms with van der Waals surface area (Å²) in [6.07, 6.45) is 0. The smallest absolute Gasteiger partial charge is 0.165 e. The Morgan fingerprint density at radius 1 is 0.739 bits per heavy atom. The van der Waals surface area contributed by atoms with E-state index in [1.165, 1.54) is 0 Å². The molecular formula is C21H16O2. The molecule has 0 aliphatic heterocycles. The first-order valence-electron chi connectivity index (χ1n) is 7.56. The van der Waals surface area contributed by atoms with Crippen LogP contribution in [0.3, 0.4) is 0 Å². The summed E-state index contributed by atoms with van der Waals surface area (Å²) in [6.45, 7) is 0. The third kappa shape index (κ3) is 2.11. The summed E-state index contributed by atoms with van der Waals surface area (Å²) in [5, 5.41) is 15.2. The number of para-hydroxylation sites is 1. The molecule has 0 atom stereocenters. The number of phenolic OH excluding ortho intramolecular Hbond substituents is 1. The minimum absolute atomic E-state index is 0.177. The van der Waals surface area contributed by atoms with E-state index in [1.807, 2.05) is 36.4 Å². The topological polar surface area (TPSA) is 29.5 Å². The zero-order valence-corrected chi connectivity index (χ0v) is 12.8. The number of aromatic hydroxyl groups is 1. The zero-order chi connectivity index (χ0) is 15.8. The number of ether oxygens (including phenoxy) is 1. The van der Waals surface area contributed by atoms with Crippen molar-refractivity contribution in [2.24, 2.45) is 0 Å². The molecule has 0 unspecified atom stereocenters. The standard InChI is InChI=1S/C21H16O2/c1-23-19-12-6-11-18(21(19)22)20-16-9-4-2-7-14(16)13-15-8-3-5-10-17(15)20/h2-13,22H,1H3. The summed E-state index contributed by atoms with van der Waals surface area (Å²) in [4.78, 5) is 0. The van der Waals surface area contributed by atoms with Crippen LogP contribution in [-0.2, 0) is 0 Å². The maximum Gasteiger partial charge on any atom is 0.165 e. The summed E-state index contributed by atoms with van der Waals surface area (Å²) in [7, 11) is 1.57. The largest absolute Gasteiger partial charge is 0.504 e. The van der Waals surface area contributed by atoms with Gasteiger partial charge >= 0.3 is 0 Å².